The second-order valence-corrected chi connectivity index (χ2v) is 9.57. The summed E-state index contributed by atoms with van der Waals surface area (Å²) in [6.07, 6.45) is 5.22. The van der Waals surface area contributed by atoms with Crippen molar-refractivity contribution in [3.8, 4) is 0 Å². The molecule has 0 bridgehead atoms. The largest absolute Gasteiger partial charge is 0.461 e. The summed E-state index contributed by atoms with van der Waals surface area (Å²) in [5.41, 5.74) is 7.24. The predicted octanol–water partition coefficient (Wildman–Crippen LogP) is 3.23. The third-order valence-electron chi connectivity index (χ3n) is 6.55. The number of hydrazine groups is 1. The zero-order chi connectivity index (χ0) is 27.6. The summed E-state index contributed by atoms with van der Waals surface area (Å²) in [6, 6.07) is 12.5. The Labute approximate surface area is 229 Å². The minimum Gasteiger partial charge on any atom is -0.461 e. The lowest BCUT2D eigenvalue weighted by atomic mass is 10.0. The zero-order valence-electron chi connectivity index (χ0n) is 22.7. The molecule has 0 spiro atoms. The number of amides is 1. The van der Waals surface area contributed by atoms with E-state index in [1.54, 1.807) is 37.6 Å². The number of rotatable bonds is 10. The molecule has 4 rings (SSSR count). The zero-order valence-corrected chi connectivity index (χ0v) is 22.7. The van der Waals surface area contributed by atoms with Crippen molar-refractivity contribution in [1.82, 2.24) is 15.3 Å². The first-order valence-corrected chi connectivity index (χ1v) is 13.1. The first-order valence-electron chi connectivity index (χ1n) is 13.1. The van der Waals surface area contributed by atoms with E-state index < -0.39 is 0 Å². The van der Waals surface area contributed by atoms with E-state index in [2.05, 4.69) is 25.6 Å². The van der Waals surface area contributed by atoms with E-state index in [1.807, 2.05) is 49.4 Å². The molecule has 206 valence electrons. The Hall–Kier alpha value is -3.86. The fourth-order valence-electron chi connectivity index (χ4n) is 4.26. The van der Waals surface area contributed by atoms with Gasteiger partial charge in [-0.15, -0.1) is 0 Å². The van der Waals surface area contributed by atoms with Crippen LogP contribution in [0.3, 0.4) is 0 Å². The van der Waals surface area contributed by atoms with E-state index in [9.17, 15) is 9.59 Å². The minimum absolute atomic E-state index is 0.109. The van der Waals surface area contributed by atoms with Crippen molar-refractivity contribution < 1.29 is 19.1 Å². The van der Waals surface area contributed by atoms with Gasteiger partial charge in [-0.25, -0.2) is 9.80 Å². The lowest BCUT2D eigenvalue weighted by Gasteiger charge is -2.26. The van der Waals surface area contributed by atoms with Gasteiger partial charge in [0.2, 0.25) is 0 Å². The first-order chi connectivity index (χ1) is 18.9. The van der Waals surface area contributed by atoms with Gasteiger partial charge in [0.25, 0.3) is 5.91 Å². The summed E-state index contributed by atoms with van der Waals surface area (Å²) in [4.78, 5) is 36.6. The summed E-state index contributed by atoms with van der Waals surface area (Å²) in [5, 5.41) is 4.88. The average Bonchev–Trinajstić information content (AvgIpc) is 3.36. The Morgan fingerprint density at radius 1 is 1.18 bits per heavy atom. The van der Waals surface area contributed by atoms with Gasteiger partial charge < -0.3 is 20.2 Å². The van der Waals surface area contributed by atoms with Gasteiger partial charge in [0.05, 0.1) is 37.1 Å². The van der Waals surface area contributed by atoms with E-state index in [0.29, 0.717) is 48.7 Å². The van der Waals surface area contributed by atoms with Crippen molar-refractivity contribution in [3.05, 3.63) is 76.6 Å². The molecule has 0 radical (unpaired) electrons. The molecule has 2 aliphatic rings. The monoisotopic (exact) mass is 532 g/mol. The number of ether oxygens (including phenoxy) is 2. The molecule has 2 aromatic rings. The average molecular weight is 533 g/mol. The van der Waals surface area contributed by atoms with Crippen molar-refractivity contribution in [1.29, 1.82) is 0 Å². The van der Waals surface area contributed by atoms with E-state index >= 15 is 0 Å². The number of hydrogen-bond acceptors (Lipinski definition) is 9. The van der Waals surface area contributed by atoms with Crippen LogP contribution in [0.5, 0.6) is 0 Å². The molecule has 1 fully saturated rings. The molecule has 1 atom stereocenters. The molecule has 1 amide bonds. The summed E-state index contributed by atoms with van der Waals surface area (Å²) in [6.45, 7) is 8.63. The highest BCUT2D eigenvalue weighted by atomic mass is 16.5. The fourth-order valence-corrected chi connectivity index (χ4v) is 4.26. The van der Waals surface area contributed by atoms with Crippen molar-refractivity contribution in [3.63, 3.8) is 0 Å². The molecule has 1 saturated heterocycles. The molecule has 2 heterocycles. The molecule has 2 N–H and O–H groups in total. The van der Waals surface area contributed by atoms with Crippen LogP contribution in [0.25, 0.3) is 0 Å². The Bertz CT molecular complexity index is 1250. The number of benzene rings is 2. The van der Waals surface area contributed by atoms with E-state index in [0.717, 1.165) is 30.9 Å². The third-order valence-corrected chi connectivity index (χ3v) is 6.55. The summed E-state index contributed by atoms with van der Waals surface area (Å²) >= 11 is 0. The molecular formula is C29H36N6O4. The molecule has 2 aromatic carbocycles. The van der Waals surface area contributed by atoms with Crippen LogP contribution in [0.2, 0.25) is 0 Å². The molecule has 0 saturated carbocycles. The summed E-state index contributed by atoms with van der Waals surface area (Å²) < 4.78 is 10.8. The maximum absolute atomic E-state index is 12.9. The molecule has 2 aliphatic heterocycles. The number of nitrogens with zero attached hydrogens (tertiary/aromatic N) is 4. The second kappa shape index (κ2) is 13.8. The highest BCUT2D eigenvalue weighted by Crippen LogP contribution is 2.21. The van der Waals surface area contributed by atoms with Crippen molar-refractivity contribution >= 4 is 30.0 Å². The van der Waals surface area contributed by atoms with Crippen LogP contribution < -0.4 is 10.7 Å². The van der Waals surface area contributed by atoms with Crippen LogP contribution in [0.15, 0.2) is 64.3 Å². The van der Waals surface area contributed by atoms with Crippen LogP contribution >= 0.6 is 0 Å². The van der Waals surface area contributed by atoms with Gasteiger partial charge in [-0.3, -0.25) is 19.7 Å². The molecule has 1 unspecified atom stereocenters. The number of anilines is 1. The minimum atomic E-state index is -0.385. The van der Waals surface area contributed by atoms with Crippen LogP contribution in [-0.2, 0) is 9.47 Å². The molecule has 10 heteroatoms. The molecule has 0 aromatic heterocycles. The normalized spacial score (nSPS) is 17.3. The third kappa shape index (κ3) is 8.31. The van der Waals surface area contributed by atoms with Crippen LogP contribution in [0.4, 0.5) is 5.69 Å². The van der Waals surface area contributed by atoms with Gasteiger partial charge in [0.1, 0.15) is 6.61 Å². The van der Waals surface area contributed by atoms with Gasteiger partial charge in [0, 0.05) is 56.6 Å². The highest BCUT2D eigenvalue weighted by Gasteiger charge is 2.16. The van der Waals surface area contributed by atoms with Crippen molar-refractivity contribution in [2.45, 2.75) is 19.9 Å². The predicted molar refractivity (Wildman–Crippen MR) is 152 cm³/mol. The van der Waals surface area contributed by atoms with Crippen LogP contribution in [0, 0.1) is 6.92 Å². The number of esters is 1. The van der Waals surface area contributed by atoms with Crippen LogP contribution in [0.1, 0.15) is 44.8 Å². The number of morpholine rings is 1. The number of aryl methyl sites for hydroxylation is 1. The number of likely N-dealkylation sites (N-methyl/N-ethyl adjacent to an activating group) is 1. The maximum atomic E-state index is 12.9. The Morgan fingerprint density at radius 3 is 2.74 bits per heavy atom. The maximum Gasteiger partial charge on any atom is 0.338 e. The Kier molecular flexibility index (Phi) is 9.96. The van der Waals surface area contributed by atoms with E-state index in [1.165, 1.54) is 0 Å². The van der Waals surface area contributed by atoms with E-state index in [-0.39, 0.29) is 17.9 Å². The van der Waals surface area contributed by atoms with Crippen LogP contribution in [-0.4, -0.2) is 87.3 Å². The molecular weight excluding hydrogens is 496 g/mol. The lowest BCUT2D eigenvalue weighted by molar-refractivity contribution is 0.0195. The fraction of sp³-hybridized carbons (Fsp3) is 0.379. The Morgan fingerprint density at radius 2 is 2.00 bits per heavy atom. The van der Waals surface area contributed by atoms with Gasteiger partial charge in [-0.2, -0.15) is 0 Å². The van der Waals surface area contributed by atoms with Gasteiger partial charge in [-0.1, -0.05) is 12.1 Å². The quantitative estimate of drug-likeness (QED) is 0.357. The highest BCUT2D eigenvalue weighted by molar-refractivity contribution is 6.16. The standard InChI is InChI=1S/C29H36N6O4/c1-21-17-24(7-8-27(21)29(37)39-16-13-35-11-14-38-15-12-35)28(36)33-25-6-4-5-23(18-25)22(2)30-9-10-31-26-19-32-34(3)20-26/h4-10,17-19,22,32H,11-16,20H2,1-3H3,(H,33,36). The Balaban J connectivity index is 1.29. The van der Waals surface area contributed by atoms with E-state index in [4.69, 9.17) is 9.47 Å². The van der Waals surface area contributed by atoms with Crippen molar-refractivity contribution in [2.24, 2.45) is 9.98 Å². The molecule has 10 nitrogen and oxygen atoms in total. The number of carbonyl (C=O) groups is 2. The lowest BCUT2D eigenvalue weighted by Crippen LogP contribution is -2.38. The van der Waals surface area contributed by atoms with Gasteiger partial charge >= 0.3 is 5.97 Å². The number of carbonyl (C=O) groups excluding carboxylic acids is 2. The summed E-state index contributed by atoms with van der Waals surface area (Å²) in [7, 11) is 1.95. The smallest absolute Gasteiger partial charge is 0.338 e. The number of aliphatic imine (C=N–C) groups is 2. The number of nitrogens with one attached hydrogen (secondary N) is 2. The van der Waals surface area contributed by atoms with Gasteiger partial charge in [0.15, 0.2) is 0 Å². The molecule has 0 aliphatic carbocycles. The topological polar surface area (TPSA) is 108 Å². The first kappa shape index (κ1) is 28.2. The second-order valence-electron chi connectivity index (χ2n) is 9.57. The van der Waals surface area contributed by atoms with Crippen molar-refractivity contribution in [2.75, 3.05) is 58.4 Å². The molecule has 39 heavy (non-hydrogen) atoms. The SMILES string of the molecule is Cc1cc(C(=O)Nc2cccc(C(C)N=CC=NC3=CNN(C)C3)c2)ccc1C(=O)OCCN1CCOCC1. The number of hydrogen-bond donors (Lipinski definition) is 2. The summed E-state index contributed by atoms with van der Waals surface area (Å²) in [5.74, 6) is -0.641. The van der Waals surface area contributed by atoms with Gasteiger partial charge in [-0.05, 0) is 55.3 Å².